The van der Waals surface area contributed by atoms with Crippen LogP contribution < -0.4 is 4.74 Å². The Hall–Kier alpha value is -1.72. The van der Waals surface area contributed by atoms with Gasteiger partial charge in [0.1, 0.15) is 11.6 Å². The third-order valence-electron chi connectivity index (χ3n) is 1.81. The van der Waals surface area contributed by atoms with E-state index in [1.165, 1.54) is 18.2 Å². The molecule has 0 aliphatic heterocycles. The lowest BCUT2D eigenvalue weighted by atomic mass is 10.3. The number of fused-ring (bicyclic) bond motifs is 1. The Balaban J connectivity index is 2.38. The Kier molecular flexibility index (Phi) is 2.06. The minimum absolute atomic E-state index is 0.262. The zero-order valence-corrected chi connectivity index (χ0v) is 7.72. The number of hydrogen-bond donors (Lipinski definition) is 1. The number of rotatable bonds is 1. The average Bonchev–Trinajstić information content (AvgIpc) is 2.40. The number of hydrogen-bond acceptors (Lipinski definition) is 2. The van der Waals surface area contributed by atoms with Gasteiger partial charge in [-0.15, -0.1) is 13.2 Å². The fourth-order valence-electron chi connectivity index (χ4n) is 1.31. The lowest BCUT2D eigenvalue weighted by molar-refractivity contribution is -0.274. The summed E-state index contributed by atoms with van der Waals surface area (Å²) in [4.78, 5) is 6.90. The fraction of sp³-hybridized carbons (Fsp3) is 0.222. The third-order valence-corrected chi connectivity index (χ3v) is 1.81. The quantitative estimate of drug-likeness (QED) is 0.795. The van der Waals surface area contributed by atoms with Crippen molar-refractivity contribution in [3.8, 4) is 5.75 Å². The first-order valence-electron chi connectivity index (χ1n) is 4.16. The van der Waals surface area contributed by atoms with Crippen molar-refractivity contribution < 1.29 is 17.9 Å². The van der Waals surface area contributed by atoms with E-state index in [1.54, 1.807) is 6.92 Å². The summed E-state index contributed by atoms with van der Waals surface area (Å²) in [6.45, 7) is 1.73. The Morgan fingerprint density at radius 3 is 2.73 bits per heavy atom. The minimum Gasteiger partial charge on any atom is -0.406 e. The Morgan fingerprint density at radius 2 is 2.07 bits per heavy atom. The maximum atomic E-state index is 11.9. The van der Waals surface area contributed by atoms with Gasteiger partial charge in [-0.05, 0) is 19.1 Å². The molecule has 1 N–H and O–H groups in total. The molecule has 0 unspecified atom stereocenters. The summed E-state index contributed by atoms with van der Waals surface area (Å²) in [6.07, 6.45) is -4.67. The van der Waals surface area contributed by atoms with Crippen LogP contribution in [0, 0.1) is 6.92 Å². The maximum absolute atomic E-state index is 11.9. The van der Waals surface area contributed by atoms with Crippen LogP contribution in [0.15, 0.2) is 18.2 Å². The molecule has 1 heterocycles. The van der Waals surface area contributed by atoms with E-state index in [0.29, 0.717) is 16.9 Å². The van der Waals surface area contributed by atoms with Crippen LogP contribution in [-0.2, 0) is 0 Å². The van der Waals surface area contributed by atoms with Gasteiger partial charge in [0.05, 0.1) is 11.0 Å². The van der Waals surface area contributed by atoms with Crippen LogP contribution in [0.2, 0.25) is 0 Å². The average molecular weight is 216 g/mol. The van der Waals surface area contributed by atoms with E-state index in [2.05, 4.69) is 14.7 Å². The normalized spacial score (nSPS) is 12.0. The van der Waals surface area contributed by atoms with E-state index < -0.39 is 6.36 Å². The number of ether oxygens (including phenoxy) is 1. The van der Waals surface area contributed by atoms with Crippen molar-refractivity contribution in [3.63, 3.8) is 0 Å². The number of imidazole rings is 1. The first-order valence-corrected chi connectivity index (χ1v) is 4.16. The Morgan fingerprint density at radius 1 is 1.33 bits per heavy atom. The number of aryl methyl sites for hydroxylation is 1. The predicted octanol–water partition coefficient (Wildman–Crippen LogP) is 2.77. The second-order valence-corrected chi connectivity index (χ2v) is 3.05. The van der Waals surface area contributed by atoms with Crippen LogP contribution in [0.4, 0.5) is 13.2 Å². The van der Waals surface area contributed by atoms with Crippen LogP contribution in [0.1, 0.15) is 5.82 Å². The van der Waals surface area contributed by atoms with Crippen molar-refractivity contribution in [1.29, 1.82) is 0 Å². The van der Waals surface area contributed by atoms with Gasteiger partial charge in [-0.25, -0.2) is 4.98 Å². The topological polar surface area (TPSA) is 37.9 Å². The number of halogens is 3. The monoisotopic (exact) mass is 216 g/mol. The molecular formula is C9H7F3N2O. The van der Waals surface area contributed by atoms with Gasteiger partial charge < -0.3 is 9.72 Å². The Labute approximate surface area is 82.9 Å². The number of nitrogens with zero attached hydrogens (tertiary/aromatic N) is 1. The van der Waals surface area contributed by atoms with E-state index >= 15 is 0 Å². The zero-order chi connectivity index (χ0) is 11.1. The molecule has 0 aliphatic rings. The van der Waals surface area contributed by atoms with Gasteiger partial charge in [-0.1, -0.05) is 0 Å². The van der Waals surface area contributed by atoms with Gasteiger partial charge in [0.25, 0.3) is 0 Å². The van der Waals surface area contributed by atoms with Crippen LogP contribution >= 0.6 is 0 Å². The van der Waals surface area contributed by atoms with Crippen molar-refractivity contribution in [2.75, 3.05) is 0 Å². The second-order valence-electron chi connectivity index (χ2n) is 3.05. The molecule has 0 atom stereocenters. The summed E-state index contributed by atoms with van der Waals surface area (Å²) >= 11 is 0. The molecule has 0 radical (unpaired) electrons. The van der Waals surface area contributed by atoms with Gasteiger partial charge in [-0.2, -0.15) is 0 Å². The van der Waals surface area contributed by atoms with Crippen molar-refractivity contribution in [1.82, 2.24) is 9.97 Å². The molecule has 0 bridgehead atoms. The zero-order valence-electron chi connectivity index (χ0n) is 7.72. The summed E-state index contributed by atoms with van der Waals surface area (Å²) in [5.41, 5.74) is 1.14. The van der Waals surface area contributed by atoms with E-state index in [-0.39, 0.29) is 5.75 Å². The minimum atomic E-state index is -4.67. The van der Waals surface area contributed by atoms with Gasteiger partial charge >= 0.3 is 6.36 Å². The van der Waals surface area contributed by atoms with E-state index in [9.17, 15) is 13.2 Å². The highest BCUT2D eigenvalue weighted by Gasteiger charge is 2.31. The predicted molar refractivity (Wildman–Crippen MR) is 47.5 cm³/mol. The van der Waals surface area contributed by atoms with E-state index in [1.807, 2.05) is 0 Å². The van der Waals surface area contributed by atoms with Crippen molar-refractivity contribution in [2.45, 2.75) is 13.3 Å². The van der Waals surface area contributed by atoms with Crippen molar-refractivity contribution in [2.24, 2.45) is 0 Å². The standard InChI is InChI=1S/C9H7F3N2O/c1-5-13-7-3-2-6(4-8(7)14-5)15-9(10,11)12/h2-4H,1H3,(H,13,14). The molecule has 80 valence electrons. The first kappa shape index (κ1) is 9.82. The van der Waals surface area contributed by atoms with Crippen LogP contribution in [0.5, 0.6) is 5.75 Å². The smallest absolute Gasteiger partial charge is 0.406 e. The molecule has 15 heavy (non-hydrogen) atoms. The first-order chi connectivity index (χ1) is 6.94. The highest BCUT2D eigenvalue weighted by molar-refractivity contribution is 5.76. The molecule has 0 amide bonds. The van der Waals surface area contributed by atoms with Crippen molar-refractivity contribution in [3.05, 3.63) is 24.0 Å². The Bertz CT molecular complexity index is 490. The largest absolute Gasteiger partial charge is 0.573 e. The maximum Gasteiger partial charge on any atom is 0.573 e. The highest BCUT2D eigenvalue weighted by Crippen LogP contribution is 2.25. The number of aromatic nitrogens is 2. The second kappa shape index (κ2) is 3.15. The molecule has 0 fully saturated rings. The lowest BCUT2D eigenvalue weighted by Crippen LogP contribution is -2.16. The summed E-state index contributed by atoms with van der Waals surface area (Å²) in [6, 6.07) is 3.98. The molecule has 0 saturated carbocycles. The number of H-pyrrole nitrogens is 1. The molecule has 2 rings (SSSR count). The SMILES string of the molecule is Cc1nc2cc(OC(F)(F)F)ccc2[nH]1. The summed E-state index contributed by atoms with van der Waals surface area (Å²) < 4.78 is 39.5. The molecule has 0 spiro atoms. The number of alkyl halides is 3. The summed E-state index contributed by atoms with van der Waals surface area (Å²) in [7, 11) is 0. The number of nitrogens with one attached hydrogen (secondary N) is 1. The van der Waals surface area contributed by atoms with E-state index in [0.717, 1.165) is 0 Å². The van der Waals surface area contributed by atoms with Crippen LogP contribution in [0.25, 0.3) is 11.0 Å². The van der Waals surface area contributed by atoms with Gasteiger partial charge in [0.2, 0.25) is 0 Å². The highest BCUT2D eigenvalue weighted by atomic mass is 19.4. The molecular weight excluding hydrogens is 209 g/mol. The molecule has 1 aromatic heterocycles. The molecule has 0 aliphatic carbocycles. The van der Waals surface area contributed by atoms with Crippen molar-refractivity contribution >= 4 is 11.0 Å². The lowest BCUT2D eigenvalue weighted by Gasteiger charge is -2.07. The number of benzene rings is 1. The van der Waals surface area contributed by atoms with Gasteiger partial charge in [-0.3, -0.25) is 0 Å². The molecule has 2 aromatic rings. The number of aromatic amines is 1. The molecule has 0 saturated heterocycles. The van der Waals surface area contributed by atoms with Gasteiger partial charge in [0, 0.05) is 6.07 Å². The molecule has 3 nitrogen and oxygen atoms in total. The fourth-order valence-corrected chi connectivity index (χ4v) is 1.31. The third kappa shape index (κ3) is 2.20. The van der Waals surface area contributed by atoms with E-state index in [4.69, 9.17) is 0 Å². The molecule has 6 heteroatoms. The van der Waals surface area contributed by atoms with Crippen LogP contribution in [0.3, 0.4) is 0 Å². The van der Waals surface area contributed by atoms with Crippen LogP contribution in [-0.4, -0.2) is 16.3 Å². The summed E-state index contributed by atoms with van der Waals surface area (Å²) in [5.74, 6) is 0.385. The molecule has 1 aromatic carbocycles. The summed E-state index contributed by atoms with van der Waals surface area (Å²) in [5, 5.41) is 0. The van der Waals surface area contributed by atoms with Gasteiger partial charge in [0.15, 0.2) is 0 Å².